The fraction of sp³-hybridized carbons (Fsp3) is 0.176. The average molecular weight is 342 g/mol. The predicted molar refractivity (Wildman–Crippen MR) is 93.4 cm³/mol. The molecule has 0 spiro atoms. The quantitative estimate of drug-likeness (QED) is 0.689. The molecule has 4 rings (SSSR count). The van der Waals surface area contributed by atoms with E-state index in [1.165, 1.54) is 11.3 Å². The lowest BCUT2D eigenvalue weighted by molar-refractivity contribution is 0.0983. The molecular formula is C17H14N2O2S2. The van der Waals surface area contributed by atoms with Gasteiger partial charge >= 0.3 is 0 Å². The molecule has 0 unspecified atom stereocenters. The van der Waals surface area contributed by atoms with Gasteiger partial charge in [0.05, 0.1) is 5.69 Å². The van der Waals surface area contributed by atoms with Gasteiger partial charge in [-0.25, -0.2) is 4.98 Å². The van der Waals surface area contributed by atoms with Crippen molar-refractivity contribution in [2.75, 3.05) is 17.2 Å². The van der Waals surface area contributed by atoms with E-state index in [0.29, 0.717) is 18.0 Å². The number of benzene rings is 1. The second-order valence-electron chi connectivity index (χ2n) is 5.22. The first kappa shape index (κ1) is 14.5. The summed E-state index contributed by atoms with van der Waals surface area (Å²) in [6.07, 6.45) is 0. The van der Waals surface area contributed by atoms with Gasteiger partial charge in [-0.2, -0.15) is 0 Å². The van der Waals surface area contributed by atoms with Crippen LogP contribution in [-0.4, -0.2) is 23.2 Å². The number of anilines is 1. The molecular weight excluding hydrogens is 328 g/mol. The van der Waals surface area contributed by atoms with Gasteiger partial charge in [-0.05, 0) is 31.2 Å². The second kappa shape index (κ2) is 5.86. The molecule has 0 fully saturated rings. The molecule has 0 saturated carbocycles. The summed E-state index contributed by atoms with van der Waals surface area (Å²) >= 11 is 3.22. The summed E-state index contributed by atoms with van der Waals surface area (Å²) in [7, 11) is 0. The highest BCUT2D eigenvalue weighted by Crippen LogP contribution is 2.35. The molecule has 1 aromatic carbocycles. The van der Waals surface area contributed by atoms with Gasteiger partial charge in [0.2, 0.25) is 0 Å². The van der Waals surface area contributed by atoms with Gasteiger partial charge in [0, 0.05) is 22.6 Å². The zero-order chi connectivity index (χ0) is 15.8. The lowest BCUT2D eigenvalue weighted by atomic mass is 10.2. The van der Waals surface area contributed by atoms with Crippen LogP contribution < -0.4 is 4.90 Å². The minimum atomic E-state index is -0.0523. The van der Waals surface area contributed by atoms with Gasteiger partial charge < -0.3 is 9.32 Å². The predicted octanol–water partition coefficient (Wildman–Crippen LogP) is 4.46. The Balaban J connectivity index is 1.65. The van der Waals surface area contributed by atoms with Gasteiger partial charge in [-0.15, -0.1) is 23.1 Å². The minimum absolute atomic E-state index is 0.0523. The summed E-state index contributed by atoms with van der Waals surface area (Å²) in [4.78, 5) is 20.3. The Kier molecular flexibility index (Phi) is 3.71. The fourth-order valence-corrected chi connectivity index (χ4v) is 4.30. The van der Waals surface area contributed by atoms with Crippen molar-refractivity contribution in [3.63, 3.8) is 0 Å². The van der Waals surface area contributed by atoms with Gasteiger partial charge in [-0.1, -0.05) is 12.1 Å². The number of fused-ring (bicyclic) bond motifs is 1. The number of para-hydroxylation sites is 1. The van der Waals surface area contributed by atoms with Crippen LogP contribution >= 0.6 is 23.1 Å². The van der Waals surface area contributed by atoms with E-state index in [9.17, 15) is 4.79 Å². The number of carbonyl (C=O) groups is 1. The molecule has 0 N–H and O–H groups in total. The first-order chi connectivity index (χ1) is 11.2. The van der Waals surface area contributed by atoms with Gasteiger partial charge in [-0.3, -0.25) is 4.79 Å². The maximum absolute atomic E-state index is 12.8. The van der Waals surface area contributed by atoms with Crippen molar-refractivity contribution in [1.29, 1.82) is 0 Å². The van der Waals surface area contributed by atoms with E-state index in [4.69, 9.17) is 4.42 Å². The number of carbonyl (C=O) groups excluding carboxylic acids is 1. The van der Waals surface area contributed by atoms with Crippen molar-refractivity contribution in [2.45, 2.75) is 11.8 Å². The molecule has 1 aliphatic rings. The lowest BCUT2D eigenvalue weighted by Crippen LogP contribution is -2.35. The average Bonchev–Trinajstić information content (AvgIpc) is 3.22. The van der Waals surface area contributed by atoms with Gasteiger partial charge in [0.1, 0.15) is 11.5 Å². The lowest BCUT2D eigenvalue weighted by Gasteiger charge is -2.28. The Bertz CT molecular complexity index is 869. The van der Waals surface area contributed by atoms with E-state index >= 15 is 0 Å². The van der Waals surface area contributed by atoms with Crippen LogP contribution in [0.15, 0.2) is 51.1 Å². The molecule has 116 valence electrons. The van der Waals surface area contributed by atoms with Crippen LogP contribution in [0.25, 0.3) is 10.8 Å². The standard InChI is InChI=1S/C17H14N2O2S2/c1-11-6-7-14(21-11)16-18-12(10-23-16)17(20)19-8-9-22-15-5-3-2-4-13(15)19/h2-7,10H,8-9H2,1H3. The fourth-order valence-electron chi connectivity index (χ4n) is 2.55. The number of furan rings is 1. The van der Waals surface area contributed by atoms with Crippen LogP contribution in [0.1, 0.15) is 16.2 Å². The molecule has 0 radical (unpaired) electrons. The maximum Gasteiger partial charge on any atom is 0.277 e. The van der Waals surface area contributed by atoms with E-state index in [1.807, 2.05) is 42.2 Å². The maximum atomic E-state index is 12.8. The highest BCUT2D eigenvalue weighted by molar-refractivity contribution is 7.99. The van der Waals surface area contributed by atoms with Gasteiger partial charge in [0.25, 0.3) is 5.91 Å². The number of thioether (sulfide) groups is 1. The summed E-state index contributed by atoms with van der Waals surface area (Å²) in [5.41, 5.74) is 1.44. The van der Waals surface area contributed by atoms with Crippen molar-refractivity contribution in [2.24, 2.45) is 0 Å². The zero-order valence-electron chi connectivity index (χ0n) is 12.5. The molecule has 1 amide bonds. The highest BCUT2D eigenvalue weighted by atomic mass is 32.2. The van der Waals surface area contributed by atoms with E-state index in [1.54, 1.807) is 17.1 Å². The van der Waals surface area contributed by atoms with Crippen LogP contribution in [0.5, 0.6) is 0 Å². The first-order valence-electron chi connectivity index (χ1n) is 7.28. The second-order valence-corrected chi connectivity index (χ2v) is 7.22. The first-order valence-corrected chi connectivity index (χ1v) is 9.15. The Labute approximate surface area is 142 Å². The minimum Gasteiger partial charge on any atom is -0.459 e. The monoisotopic (exact) mass is 342 g/mol. The number of amides is 1. The molecule has 3 aromatic rings. The smallest absolute Gasteiger partial charge is 0.277 e. The number of hydrogen-bond acceptors (Lipinski definition) is 5. The molecule has 6 heteroatoms. The van der Waals surface area contributed by atoms with E-state index < -0.39 is 0 Å². The molecule has 0 aliphatic carbocycles. The molecule has 1 aliphatic heterocycles. The summed E-state index contributed by atoms with van der Waals surface area (Å²) in [5, 5.41) is 2.54. The molecule has 23 heavy (non-hydrogen) atoms. The van der Waals surface area contributed by atoms with Crippen LogP contribution in [-0.2, 0) is 0 Å². The number of nitrogens with zero attached hydrogens (tertiary/aromatic N) is 2. The third-order valence-corrected chi connectivity index (χ3v) is 5.55. The van der Waals surface area contributed by atoms with Crippen molar-refractivity contribution in [1.82, 2.24) is 4.98 Å². The highest BCUT2D eigenvalue weighted by Gasteiger charge is 2.25. The third kappa shape index (κ3) is 2.68. The Morgan fingerprint density at radius 2 is 2.13 bits per heavy atom. The zero-order valence-corrected chi connectivity index (χ0v) is 14.1. The number of aromatic nitrogens is 1. The van der Waals surface area contributed by atoms with E-state index in [-0.39, 0.29) is 5.91 Å². The van der Waals surface area contributed by atoms with Crippen LogP contribution in [0.3, 0.4) is 0 Å². The Morgan fingerprint density at radius 3 is 2.96 bits per heavy atom. The topological polar surface area (TPSA) is 46.3 Å². The van der Waals surface area contributed by atoms with Crippen molar-refractivity contribution in [3.05, 3.63) is 53.2 Å². The number of aryl methyl sites for hydroxylation is 1. The third-order valence-electron chi connectivity index (χ3n) is 3.65. The molecule has 0 atom stereocenters. The summed E-state index contributed by atoms with van der Waals surface area (Å²) < 4.78 is 5.58. The molecule has 0 saturated heterocycles. The van der Waals surface area contributed by atoms with E-state index in [2.05, 4.69) is 11.1 Å². The summed E-state index contributed by atoms with van der Waals surface area (Å²) in [6, 6.07) is 11.8. The van der Waals surface area contributed by atoms with Gasteiger partial charge in [0.15, 0.2) is 10.8 Å². The molecule has 0 bridgehead atoms. The van der Waals surface area contributed by atoms with Crippen molar-refractivity contribution < 1.29 is 9.21 Å². The SMILES string of the molecule is Cc1ccc(-c2nc(C(=O)N3CCSc4ccccc43)cs2)o1. The van der Waals surface area contributed by atoms with Crippen LogP contribution in [0.4, 0.5) is 5.69 Å². The largest absolute Gasteiger partial charge is 0.459 e. The van der Waals surface area contributed by atoms with E-state index in [0.717, 1.165) is 27.1 Å². The van der Waals surface area contributed by atoms with Crippen molar-refractivity contribution >= 4 is 34.7 Å². The Morgan fingerprint density at radius 1 is 1.26 bits per heavy atom. The number of hydrogen-bond donors (Lipinski definition) is 0. The summed E-state index contributed by atoms with van der Waals surface area (Å²) in [5.74, 6) is 2.40. The number of thiazole rings is 1. The number of rotatable bonds is 2. The van der Waals surface area contributed by atoms with Crippen LogP contribution in [0.2, 0.25) is 0 Å². The Hall–Kier alpha value is -2.05. The normalized spacial score (nSPS) is 13.9. The molecule has 2 aromatic heterocycles. The van der Waals surface area contributed by atoms with Crippen LogP contribution in [0, 0.1) is 6.92 Å². The molecule has 3 heterocycles. The summed E-state index contributed by atoms with van der Waals surface area (Å²) in [6.45, 7) is 2.60. The molecule has 4 nitrogen and oxygen atoms in total. The van der Waals surface area contributed by atoms with Crippen molar-refractivity contribution in [3.8, 4) is 10.8 Å².